The van der Waals surface area contributed by atoms with Crippen LogP contribution < -0.4 is 0 Å². The van der Waals surface area contributed by atoms with E-state index in [4.69, 9.17) is 5.11 Å². The van der Waals surface area contributed by atoms with E-state index in [2.05, 4.69) is 61.3 Å². The second-order valence-electron chi connectivity index (χ2n) is 7.46. The van der Waals surface area contributed by atoms with E-state index in [9.17, 15) is 4.79 Å². The molecule has 2 aromatic carbocycles. The maximum absolute atomic E-state index is 10.0. The predicted octanol–water partition coefficient (Wildman–Crippen LogP) is 5.89. The van der Waals surface area contributed by atoms with Gasteiger partial charge in [0.05, 0.1) is 5.76 Å². The van der Waals surface area contributed by atoms with Crippen LogP contribution in [0.1, 0.15) is 38.8 Å². The number of aromatic nitrogens is 1. The van der Waals surface area contributed by atoms with Crippen LogP contribution in [0.2, 0.25) is 0 Å². The number of aliphatic hydroxyl groups is 1. The largest absolute Gasteiger partial charge is 0.512 e. The zero-order valence-corrected chi connectivity index (χ0v) is 19.4. The van der Waals surface area contributed by atoms with Gasteiger partial charge < -0.3 is 10.1 Å². The molecule has 0 spiro atoms. The van der Waals surface area contributed by atoms with Crippen LogP contribution in [-0.4, -0.2) is 15.9 Å². The summed E-state index contributed by atoms with van der Waals surface area (Å²) >= 11 is 0. The Morgan fingerprint density at radius 1 is 1.03 bits per heavy atom. The van der Waals surface area contributed by atoms with Crippen molar-refractivity contribution in [3.8, 4) is 22.4 Å². The van der Waals surface area contributed by atoms with Crippen molar-refractivity contribution in [2.45, 2.75) is 33.1 Å². The Kier molecular flexibility index (Phi) is 7.29. The fraction of sp³-hybridized carbons (Fsp3) is 0.200. The van der Waals surface area contributed by atoms with Gasteiger partial charge in [0.1, 0.15) is 0 Å². The molecule has 1 radical (unpaired) electrons. The molecule has 0 bridgehead atoms. The van der Waals surface area contributed by atoms with E-state index in [-0.39, 0.29) is 37.1 Å². The molecule has 0 aliphatic heterocycles. The van der Waals surface area contributed by atoms with Gasteiger partial charge in [0.15, 0.2) is 5.78 Å². The molecule has 4 heteroatoms. The van der Waals surface area contributed by atoms with Crippen LogP contribution in [0.25, 0.3) is 22.4 Å². The third kappa shape index (κ3) is 4.90. The molecule has 3 nitrogen and oxygen atoms in total. The molecular formula is C25H24IrNO2-. The number of hydrogen-bond donors (Lipinski definition) is 1. The minimum absolute atomic E-state index is 0. The van der Waals surface area contributed by atoms with Crippen molar-refractivity contribution in [3.05, 3.63) is 89.8 Å². The number of nitrogens with zero attached hydrogens (tertiary/aromatic N) is 1. The fourth-order valence-corrected chi connectivity index (χ4v) is 3.60. The summed E-state index contributed by atoms with van der Waals surface area (Å²) < 4.78 is 0. The van der Waals surface area contributed by atoms with E-state index in [0.29, 0.717) is 0 Å². The topological polar surface area (TPSA) is 50.2 Å². The van der Waals surface area contributed by atoms with Crippen molar-refractivity contribution in [1.29, 1.82) is 0 Å². The summed E-state index contributed by atoms with van der Waals surface area (Å²) in [6.45, 7) is 7.43. The number of fused-ring (bicyclic) bond motifs is 3. The predicted molar refractivity (Wildman–Crippen MR) is 113 cm³/mol. The summed E-state index contributed by atoms with van der Waals surface area (Å²) in [6, 6.07) is 22.4. The molecule has 3 aromatic rings. The Morgan fingerprint density at radius 2 is 1.72 bits per heavy atom. The second kappa shape index (κ2) is 9.30. The minimum Gasteiger partial charge on any atom is -0.512 e. The van der Waals surface area contributed by atoms with E-state index in [0.717, 1.165) is 11.3 Å². The van der Waals surface area contributed by atoms with Gasteiger partial charge in [-0.1, -0.05) is 61.4 Å². The minimum atomic E-state index is -0.125. The van der Waals surface area contributed by atoms with Gasteiger partial charge in [-0.3, -0.25) is 4.79 Å². The number of pyridine rings is 1. The van der Waals surface area contributed by atoms with Crippen molar-refractivity contribution in [3.63, 3.8) is 0 Å². The van der Waals surface area contributed by atoms with Gasteiger partial charge in [0.25, 0.3) is 0 Å². The SMILES string of the molecule is CC(=O)/C=C(/C)O.CC1(C)c2ccccc2-c2c[c-]c(-c3ccccn3)cc21.[Ir]. The van der Waals surface area contributed by atoms with Crippen LogP contribution in [0.15, 0.2) is 72.6 Å². The molecule has 0 saturated heterocycles. The first-order valence-electron chi connectivity index (χ1n) is 9.26. The number of aliphatic hydroxyl groups excluding tert-OH is 1. The summed E-state index contributed by atoms with van der Waals surface area (Å²) in [4.78, 5) is 14.5. The zero-order valence-electron chi connectivity index (χ0n) is 17.0. The van der Waals surface area contributed by atoms with Gasteiger partial charge in [-0.2, -0.15) is 0 Å². The number of carbonyl (C=O) groups is 1. The van der Waals surface area contributed by atoms with E-state index in [1.54, 1.807) is 0 Å². The van der Waals surface area contributed by atoms with Crippen molar-refractivity contribution in [2.75, 3.05) is 0 Å². The molecule has 0 atom stereocenters. The van der Waals surface area contributed by atoms with Gasteiger partial charge in [0.2, 0.25) is 0 Å². The van der Waals surface area contributed by atoms with Gasteiger partial charge in [0, 0.05) is 32.4 Å². The Hall–Kier alpha value is -2.55. The molecule has 1 aliphatic carbocycles. The summed E-state index contributed by atoms with van der Waals surface area (Å²) in [5.41, 5.74) is 7.47. The Labute approximate surface area is 185 Å². The first-order valence-corrected chi connectivity index (χ1v) is 9.26. The number of benzene rings is 2. The van der Waals surface area contributed by atoms with Crippen LogP contribution in [0.3, 0.4) is 0 Å². The number of hydrogen-bond acceptors (Lipinski definition) is 3. The molecule has 0 fully saturated rings. The smallest absolute Gasteiger partial charge is 0.155 e. The van der Waals surface area contributed by atoms with Crippen molar-refractivity contribution in [1.82, 2.24) is 4.98 Å². The molecule has 1 aliphatic rings. The first-order chi connectivity index (χ1) is 13.3. The van der Waals surface area contributed by atoms with Crippen LogP contribution in [0.5, 0.6) is 0 Å². The van der Waals surface area contributed by atoms with E-state index in [1.807, 2.05) is 24.4 Å². The number of allylic oxidation sites excluding steroid dienone is 2. The molecule has 1 aromatic heterocycles. The second-order valence-corrected chi connectivity index (χ2v) is 7.46. The first kappa shape index (κ1) is 22.7. The van der Waals surface area contributed by atoms with Gasteiger partial charge in [-0.05, 0) is 36.6 Å². The molecule has 1 heterocycles. The quantitative estimate of drug-likeness (QED) is 0.241. The van der Waals surface area contributed by atoms with E-state index < -0.39 is 0 Å². The maximum atomic E-state index is 10.0. The average Bonchev–Trinajstić information content (AvgIpc) is 2.89. The van der Waals surface area contributed by atoms with Gasteiger partial charge in [-0.15, -0.1) is 29.3 Å². The summed E-state index contributed by atoms with van der Waals surface area (Å²) in [7, 11) is 0. The number of ketones is 1. The molecule has 151 valence electrons. The number of rotatable bonds is 2. The van der Waals surface area contributed by atoms with Gasteiger partial charge >= 0.3 is 0 Å². The molecule has 0 unspecified atom stereocenters. The zero-order chi connectivity index (χ0) is 20.3. The van der Waals surface area contributed by atoms with Crippen LogP contribution >= 0.6 is 0 Å². The monoisotopic (exact) mass is 563 g/mol. The Bertz CT molecular complexity index is 1040. The normalized spacial score (nSPS) is 13.3. The van der Waals surface area contributed by atoms with E-state index in [1.165, 1.54) is 42.2 Å². The van der Waals surface area contributed by atoms with Crippen molar-refractivity contribution >= 4 is 5.78 Å². The molecule has 29 heavy (non-hydrogen) atoms. The van der Waals surface area contributed by atoms with Crippen molar-refractivity contribution < 1.29 is 30.0 Å². The van der Waals surface area contributed by atoms with E-state index >= 15 is 0 Å². The van der Waals surface area contributed by atoms with Crippen LogP contribution in [0.4, 0.5) is 0 Å². The molecule has 0 saturated carbocycles. The average molecular weight is 563 g/mol. The van der Waals surface area contributed by atoms with Crippen molar-refractivity contribution in [2.24, 2.45) is 0 Å². The summed E-state index contributed by atoms with van der Waals surface area (Å²) in [5, 5.41) is 8.36. The Morgan fingerprint density at radius 3 is 2.31 bits per heavy atom. The summed E-state index contributed by atoms with van der Waals surface area (Å²) in [6.07, 6.45) is 3.00. The van der Waals surface area contributed by atoms with Crippen LogP contribution in [0, 0.1) is 6.07 Å². The molecular weight excluding hydrogens is 538 g/mol. The third-order valence-electron chi connectivity index (χ3n) is 4.87. The maximum Gasteiger partial charge on any atom is 0.155 e. The standard InChI is InChI=1S/C20H16N.C5H8O2.Ir/c1-20(2)17-8-4-3-7-15(17)16-11-10-14(13-18(16)20)19-9-5-6-12-21-19;1-4(6)3-5(2)7;/h3-9,11-13H,1-2H3;3,6H,1-2H3;/q-1;;/b;4-3-;. The van der Waals surface area contributed by atoms with Gasteiger partial charge in [-0.25, -0.2) is 0 Å². The summed E-state index contributed by atoms with van der Waals surface area (Å²) in [5.74, 6) is -0.0625. The number of carbonyl (C=O) groups excluding carboxylic acids is 1. The molecule has 4 rings (SSSR count). The molecule has 0 amide bonds. The fourth-order valence-electron chi connectivity index (χ4n) is 3.60. The Balaban J connectivity index is 0.000000327. The third-order valence-corrected chi connectivity index (χ3v) is 4.87. The van der Waals surface area contributed by atoms with Crippen LogP contribution in [-0.2, 0) is 30.3 Å². The molecule has 1 N–H and O–H groups in total.